The molecule has 26 heavy (non-hydrogen) atoms. The Balaban J connectivity index is 2.09. The Morgan fingerprint density at radius 1 is 1.00 bits per heavy atom. The molecule has 7 heteroatoms. The number of ether oxygens (including phenoxy) is 3. The molecule has 2 aromatic rings. The molecule has 0 amide bonds. The monoisotopic (exact) mass is 394 g/mol. The van der Waals surface area contributed by atoms with E-state index in [1.165, 1.54) is 0 Å². The van der Waals surface area contributed by atoms with Crippen LogP contribution in [0.25, 0.3) is 0 Å². The maximum Gasteiger partial charge on any atom is 0.171 e. The van der Waals surface area contributed by atoms with Gasteiger partial charge < -0.3 is 24.8 Å². The summed E-state index contributed by atoms with van der Waals surface area (Å²) in [6.45, 7) is 2.08. The van der Waals surface area contributed by atoms with Gasteiger partial charge >= 0.3 is 0 Å². The average Bonchev–Trinajstić information content (AvgIpc) is 2.65. The van der Waals surface area contributed by atoms with Gasteiger partial charge in [-0.25, -0.2) is 0 Å². The largest absolute Gasteiger partial charge is 0.495 e. The van der Waals surface area contributed by atoms with E-state index in [2.05, 4.69) is 17.6 Å². The van der Waals surface area contributed by atoms with Crippen LogP contribution in [0.2, 0.25) is 5.02 Å². The smallest absolute Gasteiger partial charge is 0.171 e. The van der Waals surface area contributed by atoms with Crippen LogP contribution < -0.4 is 24.8 Å². The van der Waals surface area contributed by atoms with E-state index in [-0.39, 0.29) is 6.04 Å². The molecule has 0 bridgehead atoms. The topological polar surface area (TPSA) is 51.8 Å². The molecule has 2 rings (SSSR count). The zero-order valence-electron chi connectivity index (χ0n) is 15.3. The number of anilines is 1. The standard InChI is InChI=1S/C19H23ClN2O3S/c1-5-15(12-6-8-17(24-3)18(10-12)25-4)22-19(26)21-13-7-9-16(23-2)14(20)11-13/h6-11,15H,5H2,1-4H3,(H2,21,22,26)/t15-/m1/s1. The lowest BCUT2D eigenvalue weighted by Crippen LogP contribution is -2.32. The van der Waals surface area contributed by atoms with Crippen molar-refractivity contribution in [1.29, 1.82) is 0 Å². The molecular weight excluding hydrogens is 372 g/mol. The molecular formula is C19H23ClN2O3S. The number of nitrogens with one attached hydrogen (secondary N) is 2. The first kappa shape index (κ1) is 20.1. The van der Waals surface area contributed by atoms with Gasteiger partial charge in [0.2, 0.25) is 0 Å². The van der Waals surface area contributed by atoms with E-state index in [1.54, 1.807) is 33.5 Å². The molecule has 140 valence electrons. The second-order valence-corrected chi connectivity index (χ2v) is 6.34. The fraction of sp³-hybridized carbons (Fsp3) is 0.316. The zero-order chi connectivity index (χ0) is 19.1. The Bertz CT molecular complexity index is 770. The maximum atomic E-state index is 6.15. The molecule has 0 aliphatic carbocycles. The molecule has 0 radical (unpaired) electrons. The van der Waals surface area contributed by atoms with Crippen LogP contribution in [0.3, 0.4) is 0 Å². The summed E-state index contributed by atoms with van der Waals surface area (Å²) in [4.78, 5) is 0. The number of rotatable bonds is 7. The Morgan fingerprint density at radius 2 is 1.65 bits per heavy atom. The van der Waals surface area contributed by atoms with Crippen molar-refractivity contribution in [3.8, 4) is 17.2 Å². The van der Waals surface area contributed by atoms with E-state index in [4.69, 9.17) is 38.0 Å². The third kappa shape index (κ3) is 4.93. The molecule has 0 heterocycles. The highest BCUT2D eigenvalue weighted by atomic mass is 35.5. The van der Waals surface area contributed by atoms with Gasteiger partial charge in [0, 0.05) is 5.69 Å². The molecule has 2 N–H and O–H groups in total. The highest BCUT2D eigenvalue weighted by Gasteiger charge is 2.14. The molecule has 0 aliphatic heterocycles. The quantitative estimate of drug-likeness (QED) is 0.657. The zero-order valence-corrected chi connectivity index (χ0v) is 16.8. The van der Waals surface area contributed by atoms with Crippen LogP contribution in [0.4, 0.5) is 5.69 Å². The number of hydrogen-bond acceptors (Lipinski definition) is 4. The molecule has 0 unspecified atom stereocenters. The van der Waals surface area contributed by atoms with Gasteiger partial charge in [-0.3, -0.25) is 0 Å². The van der Waals surface area contributed by atoms with E-state index in [0.717, 1.165) is 17.7 Å². The number of benzene rings is 2. The number of hydrogen-bond donors (Lipinski definition) is 2. The first-order valence-electron chi connectivity index (χ1n) is 8.15. The van der Waals surface area contributed by atoms with Crippen LogP contribution in [0.15, 0.2) is 36.4 Å². The van der Waals surface area contributed by atoms with Gasteiger partial charge in [0.1, 0.15) is 5.75 Å². The first-order chi connectivity index (χ1) is 12.5. The highest BCUT2D eigenvalue weighted by Crippen LogP contribution is 2.31. The third-order valence-corrected chi connectivity index (χ3v) is 4.45. The van der Waals surface area contributed by atoms with Crippen molar-refractivity contribution in [2.75, 3.05) is 26.6 Å². The second-order valence-electron chi connectivity index (χ2n) is 5.52. The normalized spacial score (nSPS) is 11.4. The van der Waals surface area contributed by atoms with Crippen molar-refractivity contribution in [2.24, 2.45) is 0 Å². The molecule has 0 saturated carbocycles. The fourth-order valence-corrected chi connectivity index (χ4v) is 3.08. The lowest BCUT2D eigenvalue weighted by atomic mass is 10.0. The molecule has 0 aliphatic rings. The lowest BCUT2D eigenvalue weighted by molar-refractivity contribution is 0.354. The van der Waals surface area contributed by atoms with E-state index in [1.807, 2.05) is 24.3 Å². The molecule has 0 saturated heterocycles. The summed E-state index contributed by atoms with van der Waals surface area (Å²) in [6, 6.07) is 11.3. The van der Waals surface area contributed by atoms with Crippen molar-refractivity contribution in [2.45, 2.75) is 19.4 Å². The molecule has 2 aromatic carbocycles. The Kier molecular flexibility index (Phi) is 7.36. The summed E-state index contributed by atoms with van der Waals surface area (Å²) in [5.74, 6) is 2.00. The van der Waals surface area contributed by atoms with Crippen molar-refractivity contribution < 1.29 is 14.2 Å². The van der Waals surface area contributed by atoms with Gasteiger partial charge in [-0.15, -0.1) is 0 Å². The summed E-state index contributed by atoms with van der Waals surface area (Å²) in [5.41, 5.74) is 1.84. The fourth-order valence-electron chi connectivity index (χ4n) is 2.56. The minimum Gasteiger partial charge on any atom is -0.495 e. The molecule has 0 aromatic heterocycles. The SMILES string of the molecule is CC[C@@H](NC(=S)Nc1ccc(OC)c(Cl)c1)c1ccc(OC)c(OC)c1. The van der Waals surface area contributed by atoms with Gasteiger partial charge in [-0.1, -0.05) is 24.6 Å². The van der Waals surface area contributed by atoms with Crippen molar-refractivity contribution in [3.63, 3.8) is 0 Å². The molecule has 0 fully saturated rings. The van der Waals surface area contributed by atoms with Crippen molar-refractivity contribution in [3.05, 3.63) is 47.0 Å². The minimum absolute atomic E-state index is 0.0310. The average molecular weight is 395 g/mol. The van der Waals surface area contributed by atoms with Crippen LogP contribution in [0.5, 0.6) is 17.2 Å². The summed E-state index contributed by atoms with van der Waals surface area (Å²) in [7, 11) is 4.82. The van der Waals surface area contributed by atoms with Gasteiger partial charge in [-0.05, 0) is 54.5 Å². The van der Waals surface area contributed by atoms with Crippen LogP contribution >= 0.6 is 23.8 Å². The lowest BCUT2D eigenvalue weighted by Gasteiger charge is -2.21. The molecule has 0 spiro atoms. The van der Waals surface area contributed by atoms with Crippen LogP contribution in [-0.2, 0) is 0 Å². The number of halogens is 1. The Hall–Kier alpha value is -2.18. The minimum atomic E-state index is 0.0310. The van der Waals surface area contributed by atoms with E-state index < -0.39 is 0 Å². The van der Waals surface area contributed by atoms with E-state index in [0.29, 0.717) is 27.4 Å². The summed E-state index contributed by atoms with van der Waals surface area (Å²) >= 11 is 11.6. The highest BCUT2D eigenvalue weighted by molar-refractivity contribution is 7.80. The first-order valence-corrected chi connectivity index (χ1v) is 8.94. The van der Waals surface area contributed by atoms with E-state index >= 15 is 0 Å². The molecule has 1 atom stereocenters. The van der Waals surface area contributed by atoms with Gasteiger partial charge in [0.05, 0.1) is 32.4 Å². The maximum absolute atomic E-state index is 6.15. The predicted octanol–water partition coefficient (Wildman–Crippen LogP) is 4.80. The summed E-state index contributed by atoms with van der Waals surface area (Å²) < 4.78 is 15.8. The van der Waals surface area contributed by atoms with Crippen LogP contribution in [0.1, 0.15) is 24.9 Å². The van der Waals surface area contributed by atoms with Gasteiger partial charge in [0.25, 0.3) is 0 Å². The third-order valence-electron chi connectivity index (χ3n) is 3.93. The Labute approximate surface area is 164 Å². The number of thiocarbonyl (C=S) groups is 1. The van der Waals surface area contributed by atoms with Crippen molar-refractivity contribution >= 4 is 34.6 Å². The van der Waals surface area contributed by atoms with Crippen LogP contribution in [-0.4, -0.2) is 26.4 Å². The van der Waals surface area contributed by atoms with Crippen molar-refractivity contribution in [1.82, 2.24) is 5.32 Å². The van der Waals surface area contributed by atoms with E-state index in [9.17, 15) is 0 Å². The Morgan fingerprint density at radius 3 is 2.23 bits per heavy atom. The number of methoxy groups -OCH3 is 3. The summed E-state index contributed by atoms with van der Waals surface area (Å²) in [6.07, 6.45) is 0.848. The van der Waals surface area contributed by atoms with Crippen LogP contribution in [0, 0.1) is 0 Å². The second kappa shape index (κ2) is 9.50. The van der Waals surface area contributed by atoms with Gasteiger partial charge in [-0.2, -0.15) is 0 Å². The summed E-state index contributed by atoms with van der Waals surface area (Å²) in [5, 5.41) is 7.49. The van der Waals surface area contributed by atoms with Gasteiger partial charge in [0.15, 0.2) is 16.6 Å². The molecule has 5 nitrogen and oxygen atoms in total. The predicted molar refractivity (Wildman–Crippen MR) is 110 cm³/mol.